The van der Waals surface area contributed by atoms with Gasteiger partial charge < -0.3 is 0 Å². The highest BCUT2D eigenvalue weighted by Crippen LogP contribution is 2.18. The van der Waals surface area contributed by atoms with E-state index in [1.54, 1.807) is 36.0 Å². The van der Waals surface area contributed by atoms with E-state index in [0.29, 0.717) is 10.6 Å². The van der Waals surface area contributed by atoms with Crippen LogP contribution < -0.4 is 5.43 Å². The van der Waals surface area contributed by atoms with Crippen molar-refractivity contribution in [2.75, 3.05) is 12.0 Å². The minimum atomic E-state index is -3.16. The molecular weight excluding hydrogens is 306 g/mol. The molecule has 5 nitrogen and oxygen atoms in total. The fourth-order valence-electron chi connectivity index (χ4n) is 1.72. The van der Waals surface area contributed by atoms with Crippen LogP contribution in [0.5, 0.6) is 0 Å². The Labute approximate surface area is 129 Å². The molecule has 1 N–H and O–H groups in total. The van der Waals surface area contributed by atoms with Crippen LogP contribution in [0, 0.1) is 0 Å². The second-order valence-corrected chi connectivity index (χ2v) is 8.82. The molecule has 0 aliphatic carbocycles. The van der Waals surface area contributed by atoms with E-state index in [0.717, 1.165) is 16.4 Å². The SMILES string of the molecule is CC(C)(C)N=C1NN=C(c2ccc(S(C)(=O)=O)cc2)CS1. The molecular formula is C14H19N3O2S2. The van der Waals surface area contributed by atoms with E-state index < -0.39 is 9.84 Å². The van der Waals surface area contributed by atoms with Gasteiger partial charge in [0.15, 0.2) is 15.0 Å². The largest absolute Gasteiger partial charge is 0.256 e. The molecule has 1 heterocycles. The predicted molar refractivity (Wildman–Crippen MR) is 88.9 cm³/mol. The average molecular weight is 325 g/mol. The molecule has 21 heavy (non-hydrogen) atoms. The molecule has 0 amide bonds. The molecule has 1 aromatic rings. The fraction of sp³-hybridized carbons (Fsp3) is 0.429. The molecule has 0 unspecified atom stereocenters. The van der Waals surface area contributed by atoms with Crippen LogP contribution in [-0.4, -0.2) is 36.8 Å². The Bertz CT molecular complexity index is 684. The summed E-state index contributed by atoms with van der Waals surface area (Å²) in [6.07, 6.45) is 1.20. The van der Waals surface area contributed by atoms with Crippen LogP contribution in [0.25, 0.3) is 0 Å². The van der Waals surface area contributed by atoms with Crippen molar-refractivity contribution in [3.63, 3.8) is 0 Å². The summed E-state index contributed by atoms with van der Waals surface area (Å²) in [6.45, 7) is 6.10. The fourth-order valence-corrected chi connectivity index (χ4v) is 3.30. The van der Waals surface area contributed by atoms with E-state index in [1.165, 1.54) is 6.26 Å². The highest BCUT2D eigenvalue weighted by molar-refractivity contribution is 8.14. The normalized spacial score (nSPS) is 18.3. The molecule has 0 bridgehead atoms. The van der Waals surface area contributed by atoms with Crippen molar-refractivity contribution in [1.29, 1.82) is 0 Å². The lowest BCUT2D eigenvalue weighted by Gasteiger charge is -2.19. The third-order valence-electron chi connectivity index (χ3n) is 2.68. The Kier molecular flexibility index (Phi) is 4.43. The van der Waals surface area contributed by atoms with Crippen molar-refractivity contribution < 1.29 is 8.42 Å². The summed E-state index contributed by atoms with van der Waals surface area (Å²) in [6, 6.07) is 6.78. The van der Waals surface area contributed by atoms with E-state index in [9.17, 15) is 8.42 Å². The first-order valence-electron chi connectivity index (χ1n) is 6.51. The number of thioether (sulfide) groups is 1. The number of rotatable bonds is 2. The van der Waals surface area contributed by atoms with Crippen LogP contribution in [-0.2, 0) is 9.84 Å². The standard InChI is InChI=1S/C14H19N3O2S2/c1-14(2,3)15-13-17-16-12(9-20-13)10-5-7-11(8-6-10)21(4,18)19/h5-8H,9H2,1-4H3,(H,15,17). The van der Waals surface area contributed by atoms with Gasteiger partial charge in [-0.05, 0) is 38.5 Å². The third-order valence-corrected chi connectivity index (χ3v) is 4.69. The van der Waals surface area contributed by atoms with Crippen molar-refractivity contribution in [3.05, 3.63) is 29.8 Å². The third kappa shape index (κ3) is 4.57. The van der Waals surface area contributed by atoms with Crippen LogP contribution in [0.2, 0.25) is 0 Å². The molecule has 1 aliphatic heterocycles. The van der Waals surface area contributed by atoms with Crippen LogP contribution in [0.3, 0.4) is 0 Å². The molecule has 1 aromatic carbocycles. The van der Waals surface area contributed by atoms with Crippen LogP contribution >= 0.6 is 11.8 Å². The predicted octanol–water partition coefficient (Wildman–Crippen LogP) is 2.29. The minimum absolute atomic E-state index is 0.139. The molecule has 2 rings (SSSR count). The number of nitrogens with one attached hydrogen (secondary N) is 1. The first-order chi connectivity index (χ1) is 9.65. The van der Waals surface area contributed by atoms with Gasteiger partial charge >= 0.3 is 0 Å². The summed E-state index contributed by atoms with van der Waals surface area (Å²) >= 11 is 1.59. The number of amidine groups is 1. The molecule has 0 spiro atoms. The maximum absolute atomic E-state index is 11.4. The smallest absolute Gasteiger partial charge is 0.178 e. The van der Waals surface area contributed by atoms with E-state index in [-0.39, 0.29) is 5.54 Å². The lowest BCUT2D eigenvalue weighted by molar-refractivity contribution is 0.582. The summed E-state index contributed by atoms with van der Waals surface area (Å²) in [5, 5.41) is 5.13. The number of sulfone groups is 1. The van der Waals surface area contributed by atoms with Gasteiger partial charge in [0, 0.05) is 12.0 Å². The summed E-state index contributed by atoms with van der Waals surface area (Å²) in [7, 11) is -3.16. The van der Waals surface area contributed by atoms with Gasteiger partial charge in [-0.1, -0.05) is 23.9 Å². The van der Waals surface area contributed by atoms with Gasteiger partial charge in [-0.25, -0.2) is 8.42 Å². The summed E-state index contributed by atoms with van der Waals surface area (Å²) < 4.78 is 22.9. The second-order valence-electron chi connectivity index (χ2n) is 5.84. The number of hydrogen-bond donors (Lipinski definition) is 1. The Balaban J connectivity index is 2.16. The van der Waals surface area contributed by atoms with Crippen LogP contribution in [0.4, 0.5) is 0 Å². The van der Waals surface area contributed by atoms with E-state index in [4.69, 9.17) is 0 Å². The van der Waals surface area contributed by atoms with Crippen molar-refractivity contribution in [2.24, 2.45) is 10.1 Å². The molecule has 0 saturated heterocycles. The van der Waals surface area contributed by atoms with E-state index >= 15 is 0 Å². The van der Waals surface area contributed by atoms with Crippen molar-refractivity contribution >= 4 is 32.5 Å². The summed E-state index contributed by atoms with van der Waals surface area (Å²) in [4.78, 5) is 4.84. The van der Waals surface area contributed by atoms with Gasteiger partial charge in [-0.2, -0.15) is 5.10 Å². The number of hydrazone groups is 1. The number of hydrogen-bond acceptors (Lipinski definition) is 5. The molecule has 0 radical (unpaired) electrons. The molecule has 1 aliphatic rings. The van der Waals surface area contributed by atoms with Gasteiger partial charge in [-0.15, -0.1) is 0 Å². The summed E-state index contributed by atoms with van der Waals surface area (Å²) in [5.41, 5.74) is 4.61. The first-order valence-corrected chi connectivity index (χ1v) is 9.38. The molecule has 0 saturated carbocycles. The minimum Gasteiger partial charge on any atom is -0.256 e. The second kappa shape index (κ2) is 5.81. The Hall–Kier alpha value is -1.34. The number of nitrogens with zero attached hydrogens (tertiary/aromatic N) is 2. The lowest BCUT2D eigenvalue weighted by Crippen LogP contribution is -2.28. The quantitative estimate of drug-likeness (QED) is 0.905. The Morgan fingerprint density at radius 1 is 1.24 bits per heavy atom. The van der Waals surface area contributed by atoms with Crippen molar-refractivity contribution in [1.82, 2.24) is 5.43 Å². The first kappa shape index (κ1) is 16.0. The van der Waals surface area contributed by atoms with Gasteiger partial charge in [-0.3, -0.25) is 10.4 Å². The topological polar surface area (TPSA) is 70.9 Å². The molecule has 0 atom stereocenters. The van der Waals surface area contributed by atoms with Crippen molar-refractivity contribution in [2.45, 2.75) is 31.2 Å². The van der Waals surface area contributed by atoms with Gasteiger partial charge in [0.1, 0.15) is 0 Å². The van der Waals surface area contributed by atoms with E-state index in [2.05, 4.69) is 15.5 Å². The number of benzene rings is 1. The molecule has 0 aromatic heterocycles. The Morgan fingerprint density at radius 2 is 1.86 bits per heavy atom. The maximum atomic E-state index is 11.4. The zero-order valence-corrected chi connectivity index (χ0v) is 14.2. The molecule has 0 fully saturated rings. The monoisotopic (exact) mass is 325 g/mol. The molecule has 7 heteroatoms. The zero-order chi connectivity index (χ0) is 15.7. The van der Waals surface area contributed by atoms with Gasteiger partial charge in [0.05, 0.1) is 16.1 Å². The highest BCUT2D eigenvalue weighted by Gasteiger charge is 2.16. The average Bonchev–Trinajstić information content (AvgIpc) is 2.37. The molecule has 114 valence electrons. The zero-order valence-electron chi connectivity index (χ0n) is 12.5. The van der Waals surface area contributed by atoms with Crippen LogP contribution in [0.15, 0.2) is 39.3 Å². The number of aliphatic imine (C=N–C) groups is 1. The van der Waals surface area contributed by atoms with E-state index in [1.807, 2.05) is 20.8 Å². The maximum Gasteiger partial charge on any atom is 0.178 e. The van der Waals surface area contributed by atoms with Crippen molar-refractivity contribution in [3.8, 4) is 0 Å². The summed E-state index contributed by atoms with van der Waals surface area (Å²) in [5.74, 6) is 0.708. The Morgan fingerprint density at radius 3 is 2.29 bits per heavy atom. The van der Waals surface area contributed by atoms with Gasteiger partial charge in [0.2, 0.25) is 0 Å². The van der Waals surface area contributed by atoms with Crippen LogP contribution in [0.1, 0.15) is 26.3 Å². The van der Waals surface area contributed by atoms with Gasteiger partial charge in [0.25, 0.3) is 0 Å². The highest BCUT2D eigenvalue weighted by atomic mass is 32.2. The lowest BCUT2D eigenvalue weighted by atomic mass is 10.1.